The molecule has 0 aliphatic heterocycles. The zero-order valence-electron chi connectivity index (χ0n) is 10.1. The molecule has 3 rings (SSSR count). The molecule has 19 heavy (non-hydrogen) atoms. The highest BCUT2D eigenvalue weighted by Gasteiger charge is 2.12. The molecular formula is C12H10ClN5S. The van der Waals surface area contributed by atoms with E-state index in [9.17, 15) is 0 Å². The summed E-state index contributed by atoms with van der Waals surface area (Å²) in [6.45, 7) is 0. The summed E-state index contributed by atoms with van der Waals surface area (Å²) in [6, 6.07) is 5.68. The van der Waals surface area contributed by atoms with Crippen LogP contribution in [-0.4, -0.2) is 30.2 Å². The van der Waals surface area contributed by atoms with E-state index in [1.54, 1.807) is 21.2 Å². The molecule has 3 aromatic heterocycles. The van der Waals surface area contributed by atoms with Crippen LogP contribution in [-0.2, 0) is 0 Å². The highest BCUT2D eigenvalue weighted by molar-refractivity contribution is 7.97. The maximum absolute atomic E-state index is 6.17. The van der Waals surface area contributed by atoms with E-state index < -0.39 is 0 Å². The van der Waals surface area contributed by atoms with Gasteiger partial charge in [-0.25, -0.2) is 8.77 Å². The monoisotopic (exact) mass is 291 g/mol. The van der Waals surface area contributed by atoms with Gasteiger partial charge in [0.25, 0.3) is 0 Å². The lowest BCUT2D eigenvalue weighted by molar-refractivity contribution is 0.874. The standard InChI is InChI=1S/C12H10ClN5S/c1-19-18-6-4-11(15-18)10-8-17(16-12(10)13)9-3-2-5-14-7-9/h2-8H,1H3. The van der Waals surface area contributed by atoms with Crippen LogP contribution >= 0.6 is 23.5 Å². The third kappa shape index (κ3) is 2.36. The Balaban J connectivity index is 2.02. The average molecular weight is 292 g/mol. The van der Waals surface area contributed by atoms with Crippen molar-refractivity contribution in [1.29, 1.82) is 0 Å². The molecular weight excluding hydrogens is 282 g/mol. The van der Waals surface area contributed by atoms with Crippen molar-refractivity contribution in [1.82, 2.24) is 24.0 Å². The van der Waals surface area contributed by atoms with Crippen molar-refractivity contribution < 1.29 is 0 Å². The lowest BCUT2D eigenvalue weighted by Gasteiger charge is -1.97. The molecule has 0 spiro atoms. The molecule has 0 aliphatic carbocycles. The molecule has 0 amide bonds. The zero-order chi connectivity index (χ0) is 13.2. The maximum atomic E-state index is 6.17. The van der Waals surface area contributed by atoms with Crippen LogP contribution in [0.25, 0.3) is 16.9 Å². The van der Waals surface area contributed by atoms with E-state index in [1.807, 2.05) is 36.8 Å². The molecule has 7 heteroatoms. The van der Waals surface area contributed by atoms with Crippen molar-refractivity contribution in [2.24, 2.45) is 0 Å². The Hall–Kier alpha value is -1.79. The SMILES string of the molecule is CSn1ccc(-c2cn(-c3cccnc3)nc2Cl)n1. The van der Waals surface area contributed by atoms with Gasteiger partial charge < -0.3 is 0 Å². The summed E-state index contributed by atoms with van der Waals surface area (Å²) in [5, 5.41) is 9.10. The summed E-state index contributed by atoms with van der Waals surface area (Å²) in [5.41, 5.74) is 2.47. The summed E-state index contributed by atoms with van der Waals surface area (Å²) in [7, 11) is 0. The topological polar surface area (TPSA) is 48.5 Å². The summed E-state index contributed by atoms with van der Waals surface area (Å²) in [4.78, 5) is 4.06. The molecule has 0 radical (unpaired) electrons. The first-order valence-electron chi connectivity index (χ1n) is 5.54. The Morgan fingerprint density at radius 2 is 2.16 bits per heavy atom. The Kier molecular flexibility index (Phi) is 3.27. The van der Waals surface area contributed by atoms with Gasteiger partial charge in [0.05, 0.1) is 23.1 Å². The van der Waals surface area contributed by atoms with Crippen LogP contribution in [0.5, 0.6) is 0 Å². The molecule has 0 aliphatic rings. The number of pyridine rings is 1. The summed E-state index contributed by atoms with van der Waals surface area (Å²) < 4.78 is 3.47. The van der Waals surface area contributed by atoms with Gasteiger partial charge in [-0.15, -0.1) is 0 Å². The first-order valence-corrected chi connectivity index (χ1v) is 7.10. The molecule has 0 saturated heterocycles. The number of hydrogen-bond donors (Lipinski definition) is 0. The van der Waals surface area contributed by atoms with E-state index >= 15 is 0 Å². The van der Waals surface area contributed by atoms with Crippen LogP contribution in [0.4, 0.5) is 0 Å². The molecule has 3 aromatic rings. The second kappa shape index (κ2) is 5.07. The quantitative estimate of drug-likeness (QED) is 0.744. The van der Waals surface area contributed by atoms with E-state index in [0.29, 0.717) is 5.15 Å². The van der Waals surface area contributed by atoms with Gasteiger partial charge in [-0.1, -0.05) is 11.6 Å². The third-order valence-electron chi connectivity index (χ3n) is 2.61. The normalized spacial score (nSPS) is 10.8. The fourth-order valence-electron chi connectivity index (χ4n) is 1.70. The fourth-order valence-corrected chi connectivity index (χ4v) is 2.28. The second-order valence-electron chi connectivity index (χ2n) is 3.78. The summed E-state index contributed by atoms with van der Waals surface area (Å²) in [5.74, 6) is 0. The first-order chi connectivity index (χ1) is 9.28. The van der Waals surface area contributed by atoms with Gasteiger partial charge >= 0.3 is 0 Å². The number of aromatic nitrogens is 5. The molecule has 0 unspecified atom stereocenters. The molecule has 3 heterocycles. The zero-order valence-corrected chi connectivity index (χ0v) is 11.6. The Labute approximate surface area is 119 Å². The Bertz CT molecular complexity index is 691. The summed E-state index contributed by atoms with van der Waals surface area (Å²) in [6.07, 6.45) is 9.14. The van der Waals surface area contributed by atoms with Crippen molar-refractivity contribution in [2.45, 2.75) is 0 Å². The van der Waals surface area contributed by atoms with E-state index in [4.69, 9.17) is 11.6 Å². The number of rotatable bonds is 3. The third-order valence-corrected chi connectivity index (χ3v) is 3.47. The van der Waals surface area contributed by atoms with E-state index in [2.05, 4.69) is 15.2 Å². The van der Waals surface area contributed by atoms with Crippen molar-refractivity contribution >= 4 is 23.5 Å². The van der Waals surface area contributed by atoms with Crippen molar-refractivity contribution in [2.75, 3.05) is 6.26 Å². The van der Waals surface area contributed by atoms with E-state index in [1.165, 1.54) is 11.9 Å². The highest BCUT2D eigenvalue weighted by atomic mass is 35.5. The lowest BCUT2D eigenvalue weighted by atomic mass is 10.3. The molecule has 0 bridgehead atoms. The number of halogens is 1. The van der Waals surface area contributed by atoms with Crippen molar-refractivity contribution in [3.05, 3.63) is 48.1 Å². The van der Waals surface area contributed by atoms with Gasteiger partial charge in [0.1, 0.15) is 0 Å². The molecule has 0 fully saturated rings. The van der Waals surface area contributed by atoms with Gasteiger partial charge in [0, 0.05) is 24.8 Å². The largest absolute Gasteiger partial charge is 0.262 e. The predicted molar refractivity (Wildman–Crippen MR) is 76.5 cm³/mol. The molecule has 0 N–H and O–H groups in total. The van der Waals surface area contributed by atoms with Crippen LogP contribution in [0.3, 0.4) is 0 Å². The van der Waals surface area contributed by atoms with E-state index in [-0.39, 0.29) is 0 Å². The van der Waals surface area contributed by atoms with Crippen LogP contribution in [0.2, 0.25) is 5.15 Å². The van der Waals surface area contributed by atoms with Gasteiger partial charge in [-0.05, 0) is 30.1 Å². The number of nitrogens with zero attached hydrogens (tertiary/aromatic N) is 5. The minimum atomic E-state index is 0.426. The molecule has 5 nitrogen and oxygen atoms in total. The van der Waals surface area contributed by atoms with Crippen LogP contribution in [0.15, 0.2) is 43.0 Å². The van der Waals surface area contributed by atoms with Crippen molar-refractivity contribution in [3.8, 4) is 16.9 Å². The van der Waals surface area contributed by atoms with Gasteiger partial charge in [-0.3, -0.25) is 4.98 Å². The van der Waals surface area contributed by atoms with Gasteiger partial charge in [0.15, 0.2) is 5.15 Å². The summed E-state index contributed by atoms with van der Waals surface area (Å²) >= 11 is 7.69. The maximum Gasteiger partial charge on any atom is 0.160 e. The minimum Gasteiger partial charge on any atom is -0.262 e. The lowest BCUT2D eigenvalue weighted by Crippen LogP contribution is -1.94. The number of hydrogen-bond acceptors (Lipinski definition) is 4. The molecule has 0 atom stereocenters. The molecule has 0 saturated carbocycles. The second-order valence-corrected chi connectivity index (χ2v) is 4.87. The van der Waals surface area contributed by atoms with Gasteiger partial charge in [0.2, 0.25) is 0 Å². The Morgan fingerprint density at radius 1 is 1.26 bits per heavy atom. The predicted octanol–water partition coefficient (Wildman–Crippen LogP) is 2.91. The Morgan fingerprint density at radius 3 is 2.84 bits per heavy atom. The molecule has 0 aromatic carbocycles. The van der Waals surface area contributed by atoms with Crippen LogP contribution < -0.4 is 0 Å². The van der Waals surface area contributed by atoms with Crippen molar-refractivity contribution in [3.63, 3.8) is 0 Å². The van der Waals surface area contributed by atoms with Crippen LogP contribution in [0, 0.1) is 0 Å². The average Bonchev–Trinajstić information content (AvgIpc) is 3.06. The van der Waals surface area contributed by atoms with Crippen LogP contribution in [0.1, 0.15) is 0 Å². The molecule has 96 valence electrons. The van der Waals surface area contributed by atoms with Gasteiger partial charge in [-0.2, -0.15) is 10.2 Å². The first kappa shape index (κ1) is 12.3. The smallest absolute Gasteiger partial charge is 0.160 e. The fraction of sp³-hybridized carbons (Fsp3) is 0.0833. The minimum absolute atomic E-state index is 0.426. The van der Waals surface area contributed by atoms with E-state index in [0.717, 1.165) is 16.9 Å². The highest BCUT2D eigenvalue weighted by Crippen LogP contribution is 2.26.